The Hall–Kier alpha value is -2.94. The van der Waals surface area contributed by atoms with Crippen molar-refractivity contribution >= 4 is 27.5 Å². The summed E-state index contributed by atoms with van der Waals surface area (Å²) in [5, 5.41) is 2.91. The average molecular weight is 506 g/mol. The predicted octanol–water partition coefficient (Wildman–Crippen LogP) is 3.93. The summed E-state index contributed by atoms with van der Waals surface area (Å²) in [6, 6.07) is 10.2. The molecule has 192 valence electrons. The third kappa shape index (κ3) is 8.06. The fourth-order valence-corrected chi connectivity index (χ4v) is 4.64. The van der Waals surface area contributed by atoms with Crippen LogP contribution in [0.15, 0.2) is 42.5 Å². The number of carbonyl (C=O) groups is 2. The van der Waals surface area contributed by atoms with Crippen molar-refractivity contribution in [2.24, 2.45) is 0 Å². The lowest BCUT2D eigenvalue weighted by atomic mass is 10.1. The predicted molar refractivity (Wildman–Crippen MR) is 137 cm³/mol. The molecule has 2 rings (SSSR count). The van der Waals surface area contributed by atoms with E-state index in [2.05, 4.69) is 5.32 Å². The molecule has 9 heteroatoms. The van der Waals surface area contributed by atoms with Crippen molar-refractivity contribution in [3.05, 3.63) is 65.0 Å². The lowest BCUT2D eigenvalue weighted by Gasteiger charge is -2.34. The van der Waals surface area contributed by atoms with Gasteiger partial charge < -0.3 is 10.2 Å². The molecular weight excluding hydrogens is 469 g/mol. The fraction of sp³-hybridized carbons (Fsp3) is 0.462. The first-order valence-corrected chi connectivity index (χ1v) is 13.4. The number of carbonyl (C=O) groups excluding carboxylic acids is 2. The van der Waals surface area contributed by atoms with Crippen molar-refractivity contribution < 1.29 is 22.4 Å². The number of rotatable bonds is 9. The molecule has 0 bridgehead atoms. The number of nitrogens with one attached hydrogen (secondary N) is 1. The normalized spacial score (nSPS) is 12.7. The maximum Gasteiger partial charge on any atom is 0.244 e. The molecular formula is C26H36FN3O4S. The van der Waals surface area contributed by atoms with Crippen molar-refractivity contribution in [3.63, 3.8) is 0 Å². The molecule has 0 fully saturated rings. The number of nitrogens with zero attached hydrogens (tertiary/aromatic N) is 2. The summed E-state index contributed by atoms with van der Waals surface area (Å²) in [6.45, 7) is 10.5. The first-order valence-electron chi connectivity index (χ1n) is 11.5. The Balaban J connectivity index is 2.49. The van der Waals surface area contributed by atoms with Crippen LogP contribution in [0.1, 0.15) is 50.8 Å². The first kappa shape index (κ1) is 28.3. The van der Waals surface area contributed by atoms with E-state index in [1.807, 2.05) is 33.8 Å². The monoisotopic (exact) mass is 505 g/mol. The van der Waals surface area contributed by atoms with Crippen molar-refractivity contribution in [2.45, 2.75) is 66.1 Å². The van der Waals surface area contributed by atoms with Crippen LogP contribution in [0.25, 0.3) is 0 Å². The van der Waals surface area contributed by atoms with Crippen LogP contribution in [0.4, 0.5) is 10.1 Å². The highest BCUT2D eigenvalue weighted by molar-refractivity contribution is 7.92. The summed E-state index contributed by atoms with van der Waals surface area (Å²) < 4.78 is 40.0. The maximum atomic E-state index is 13.7. The lowest BCUT2D eigenvalue weighted by molar-refractivity contribution is -0.141. The second-order valence-corrected chi connectivity index (χ2v) is 11.8. The number of amides is 2. The molecule has 1 atom stereocenters. The van der Waals surface area contributed by atoms with Crippen LogP contribution in [0, 0.1) is 19.7 Å². The number of halogens is 1. The average Bonchev–Trinajstić information content (AvgIpc) is 2.73. The Bertz CT molecular complexity index is 1160. The molecule has 0 aliphatic carbocycles. The van der Waals surface area contributed by atoms with Gasteiger partial charge in [-0.25, -0.2) is 12.8 Å². The van der Waals surface area contributed by atoms with Crippen LogP contribution in [-0.4, -0.2) is 49.5 Å². The number of hydrogen-bond acceptors (Lipinski definition) is 4. The van der Waals surface area contributed by atoms with Gasteiger partial charge in [0.25, 0.3) is 0 Å². The highest BCUT2D eigenvalue weighted by Crippen LogP contribution is 2.25. The smallest absolute Gasteiger partial charge is 0.244 e. The molecule has 2 aromatic rings. The highest BCUT2D eigenvalue weighted by atomic mass is 32.2. The van der Waals surface area contributed by atoms with E-state index < -0.39 is 39.9 Å². The van der Waals surface area contributed by atoms with Gasteiger partial charge in [-0.2, -0.15) is 0 Å². The molecule has 0 heterocycles. The summed E-state index contributed by atoms with van der Waals surface area (Å²) in [4.78, 5) is 28.2. The molecule has 0 radical (unpaired) electrons. The van der Waals surface area contributed by atoms with Crippen molar-refractivity contribution in [3.8, 4) is 0 Å². The van der Waals surface area contributed by atoms with E-state index in [0.717, 1.165) is 16.1 Å². The lowest BCUT2D eigenvalue weighted by Crippen LogP contribution is -2.55. The molecule has 2 aromatic carbocycles. The summed E-state index contributed by atoms with van der Waals surface area (Å²) in [7, 11) is -3.81. The summed E-state index contributed by atoms with van der Waals surface area (Å²) in [5.74, 6) is -1.29. The zero-order valence-corrected chi connectivity index (χ0v) is 22.4. The largest absolute Gasteiger partial charge is 0.350 e. The molecule has 1 N–H and O–H groups in total. The first-order chi connectivity index (χ1) is 16.1. The fourth-order valence-electron chi connectivity index (χ4n) is 3.74. The SMILES string of the molecule is CC[C@@H](C(=O)NC(C)(C)C)N(Cc1ccc(F)cc1)C(=O)CN(c1cc(C)ccc1C)S(C)(=O)=O. The van der Waals surface area contributed by atoms with E-state index in [1.54, 1.807) is 38.1 Å². The molecule has 35 heavy (non-hydrogen) atoms. The zero-order valence-electron chi connectivity index (χ0n) is 21.6. The maximum absolute atomic E-state index is 13.7. The van der Waals surface area contributed by atoms with Crippen LogP contribution in [0.3, 0.4) is 0 Å². The topological polar surface area (TPSA) is 86.8 Å². The summed E-state index contributed by atoms with van der Waals surface area (Å²) in [6.07, 6.45) is 1.37. The van der Waals surface area contributed by atoms with Gasteiger partial charge in [-0.1, -0.05) is 31.2 Å². The van der Waals surface area contributed by atoms with E-state index in [-0.39, 0.29) is 12.5 Å². The van der Waals surface area contributed by atoms with Gasteiger partial charge in [0.05, 0.1) is 11.9 Å². The van der Waals surface area contributed by atoms with E-state index >= 15 is 0 Å². The number of sulfonamides is 1. The minimum Gasteiger partial charge on any atom is -0.350 e. The van der Waals surface area contributed by atoms with Gasteiger partial charge in [0, 0.05) is 12.1 Å². The third-order valence-corrected chi connectivity index (χ3v) is 6.59. The van der Waals surface area contributed by atoms with Gasteiger partial charge in [-0.15, -0.1) is 0 Å². The Labute approximate surface area is 208 Å². The van der Waals surface area contributed by atoms with Crippen LogP contribution in [0.5, 0.6) is 0 Å². The van der Waals surface area contributed by atoms with E-state index in [4.69, 9.17) is 0 Å². The zero-order chi connectivity index (χ0) is 26.6. The van der Waals surface area contributed by atoms with Gasteiger partial charge in [-0.3, -0.25) is 13.9 Å². The molecule has 0 unspecified atom stereocenters. The number of anilines is 1. The molecule has 2 amide bonds. The van der Waals surface area contributed by atoms with Crippen molar-refractivity contribution in [1.82, 2.24) is 10.2 Å². The standard InChI is InChI=1S/C26H36FN3O4S/c1-8-22(25(32)28-26(4,5)6)29(16-20-11-13-21(27)14-12-20)24(31)17-30(35(7,33)34)23-15-18(2)9-10-19(23)3/h9-15,22H,8,16-17H2,1-7H3,(H,28,32)/t22-/m0/s1. The highest BCUT2D eigenvalue weighted by Gasteiger charge is 2.33. The molecule has 0 aliphatic rings. The summed E-state index contributed by atoms with van der Waals surface area (Å²) >= 11 is 0. The Morgan fingerprint density at radius 1 is 1.06 bits per heavy atom. The summed E-state index contributed by atoms with van der Waals surface area (Å²) in [5.41, 5.74) is 2.07. The number of hydrogen-bond donors (Lipinski definition) is 1. The Kier molecular flexibility index (Phi) is 9.06. The van der Waals surface area contributed by atoms with Gasteiger partial charge >= 0.3 is 0 Å². The van der Waals surface area contributed by atoms with Gasteiger partial charge in [-0.05, 0) is 75.9 Å². The minimum atomic E-state index is -3.81. The molecule has 0 saturated carbocycles. The second kappa shape index (κ2) is 11.2. The third-order valence-electron chi connectivity index (χ3n) is 5.46. The Morgan fingerprint density at radius 2 is 1.66 bits per heavy atom. The van der Waals surface area contributed by atoms with Gasteiger partial charge in [0.2, 0.25) is 21.8 Å². The van der Waals surface area contributed by atoms with Crippen LogP contribution >= 0.6 is 0 Å². The minimum absolute atomic E-state index is 0.0274. The van der Waals surface area contributed by atoms with E-state index in [9.17, 15) is 22.4 Å². The number of aryl methyl sites for hydroxylation is 2. The van der Waals surface area contributed by atoms with Crippen LogP contribution in [0.2, 0.25) is 0 Å². The molecule has 7 nitrogen and oxygen atoms in total. The van der Waals surface area contributed by atoms with Gasteiger partial charge in [0.15, 0.2) is 0 Å². The van der Waals surface area contributed by atoms with Crippen LogP contribution in [-0.2, 0) is 26.2 Å². The quantitative estimate of drug-likeness (QED) is 0.560. The van der Waals surface area contributed by atoms with Crippen LogP contribution < -0.4 is 9.62 Å². The van der Waals surface area contributed by atoms with E-state index in [0.29, 0.717) is 23.2 Å². The van der Waals surface area contributed by atoms with Gasteiger partial charge in [0.1, 0.15) is 18.4 Å². The molecule has 0 aromatic heterocycles. The molecule has 0 saturated heterocycles. The van der Waals surface area contributed by atoms with Crippen molar-refractivity contribution in [2.75, 3.05) is 17.1 Å². The second-order valence-electron chi connectivity index (χ2n) is 9.87. The Morgan fingerprint density at radius 3 is 2.17 bits per heavy atom. The number of benzene rings is 2. The van der Waals surface area contributed by atoms with Crippen molar-refractivity contribution in [1.29, 1.82) is 0 Å². The van der Waals surface area contributed by atoms with E-state index in [1.165, 1.54) is 17.0 Å². The molecule has 0 aliphatic heterocycles. The molecule has 0 spiro atoms.